The van der Waals surface area contributed by atoms with Crippen molar-refractivity contribution in [2.45, 2.75) is 38.5 Å². The number of rotatable bonds is 2. The highest BCUT2D eigenvalue weighted by Gasteiger charge is 2.16. The Hall–Kier alpha value is -5.58. The van der Waals surface area contributed by atoms with Gasteiger partial charge in [0.2, 0.25) is 23.6 Å². The number of aromatic carboxylic acids is 2. The number of carbonyl (C=O) groups is 6. The molecule has 17 nitrogen and oxygen atoms in total. The monoisotopic (exact) mass is 610 g/mol. The second-order valence-electron chi connectivity index (χ2n) is 8.60. The number of amides is 4. The first kappa shape index (κ1) is 35.4. The van der Waals surface area contributed by atoms with Crippen LogP contribution < -0.4 is 10.6 Å². The van der Waals surface area contributed by atoms with Crippen molar-refractivity contribution in [1.29, 1.82) is 0 Å². The van der Waals surface area contributed by atoms with Crippen molar-refractivity contribution in [1.82, 2.24) is 10.6 Å². The zero-order valence-electron chi connectivity index (χ0n) is 22.4. The number of imide groups is 2. The molecule has 0 aliphatic carbocycles. The van der Waals surface area contributed by atoms with Crippen molar-refractivity contribution >= 4 is 35.6 Å². The van der Waals surface area contributed by atoms with Crippen molar-refractivity contribution in [2.24, 2.45) is 0 Å². The summed E-state index contributed by atoms with van der Waals surface area (Å²) in [5.41, 5.74) is -0.578. The summed E-state index contributed by atoms with van der Waals surface area (Å²) < 4.78 is 4.94. The van der Waals surface area contributed by atoms with Gasteiger partial charge in [0.15, 0.2) is 34.5 Å². The second kappa shape index (κ2) is 17.3. The van der Waals surface area contributed by atoms with Crippen LogP contribution in [0.3, 0.4) is 0 Å². The Morgan fingerprint density at radius 2 is 0.791 bits per heavy atom. The largest absolute Gasteiger partial charge is 0.504 e. The smallest absolute Gasteiger partial charge is 0.335 e. The lowest BCUT2D eigenvalue weighted by Gasteiger charge is -2.01. The average molecular weight is 611 g/mol. The first-order valence-electron chi connectivity index (χ1n) is 12.3. The summed E-state index contributed by atoms with van der Waals surface area (Å²) in [6, 6.07) is 3.38. The molecule has 0 atom stereocenters. The van der Waals surface area contributed by atoms with E-state index in [0.29, 0.717) is 25.7 Å². The maximum atomic E-state index is 10.3. The number of nitrogens with one attached hydrogen (secondary N) is 2. The average Bonchev–Trinajstić information content (AvgIpc) is 3.71. The number of aromatic hydroxyl groups is 6. The van der Waals surface area contributed by atoms with E-state index in [0.717, 1.165) is 37.5 Å². The number of phenols is 6. The van der Waals surface area contributed by atoms with E-state index in [1.54, 1.807) is 0 Å². The maximum absolute atomic E-state index is 10.3. The fourth-order valence-electron chi connectivity index (χ4n) is 2.98. The van der Waals surface area contributed by atoms with Gasteiger partial charge in [-0.25, -0.2) is 9.59 Å². The molecular formula is C26H30N2O15. The van der Waals surface area contributed by atoms with Crippen LogP contribution in [0.15, 0.2) is 24.3 Å². The number of benzene rings is 2. The summed E-state index contributed by atoms with van der Waals surface area (Å²) >= 11 is 0. The van der Waals surface area contributed by atoms with Gasteiger partial charge in [-0.3, -0.25) is 29.8 Å². The highest BCUT2D eigenvalue weighted by atomic mass is 16.5. The van der Waals surface area contributed by atoms with Crippen LogP contribution in [0.5, 0.6) is 34.5 Å². The molecule has 4 amide bonds. The van der Waals surface area contributed by atoms with Gasteiger partial charge in [0, 0.05) is 38.9 Å². The molecule has 0 radical (unpaired) electrons. The Balaban J connectivity index is 0.000000278. The number of hydrogen-bond donors (Lipinski definition) is 10. The Bertz CT molecular complexity index is 1170. The van der Waals surface area contributed by atoms with Crippen LogP contribution >= 0.6 is 0 Å². The number of carboxylic acid groups (broad SMARTS) is 2. The van der Waals surface area contributed by atoms with Gasteiger partial charge in [0.25, 0.3) is 0 Å². The minimum Gasteiger partial charge on any atom is -0.504 e. The van der Waals surface area contributed by atoms with Gasteiger partial charge in [0.1, 0.15) is 0 Å². The number of ether oxygens (including phenoxy) is 1. The standard InChI is InChI=1S/2C7H6O5.2C4H5NO2.C4H8O/c2*8-4-1-3(7(11)12)2-5(9)6(4)10;2*6-3-1-2-4(7)5-3;1-2-4-5-3-1/h2*1-2,8-10H,(H,11,12);2*1-2H2,(H,5,6,7);1-4H2. The van der Waals surface area contributed by atoms with Crippen molar-refractivity contribution in [3.05, 3.63) is 35.4 Å². The van der Waals surface area contributed by atoms with E-state index in [-0.39, 0.29) is 34.8 Å². The lowest BCUT2D eigenvalue weighted by molar-refractivity contribution is -0.126. The van der Waals surface area contributed by atoms with Crippen LogP contribution in [-0.4, -0.2) is 89.6 Å². The zero-order valence-corrected chi connectivity index (χ0v) is 22.4. The highest BCUT2D eigenvalue weighted by Crippen LogP contribution is 2.36. The minimum absolute atomic E-state index is 0.148. The third-order valence-corrected chi connectivity index (χ3v) is 5.18. The van der Waals surface area contributed by atoms with E-state index >= 15 is 0 Å². The normalized spacial score (nSPS) is 14.7. The molecule has 43 heavy (non-hydrogen) atoms. The van der Waals surface area contributed by atoms with Crippen LogP contribution in [0.25, 0.3) is 0 Å². The summed E-state index contributed by atoms with van der Waals surface area (Å²) in [5, 5.41) is 74.2. The van der Waals surface area contributed by atoms with Gasteiger partial charge in [-0.1, -0.05) is 0 Å². The van der Waals surface area contributed by atoms with Crippen molar-refractivity contribution in [3.63, 3.8) is 0 Å². The summed E-state index contributed by atoms with van der Waals surface area (Å²) in [7, 11) is 0. The quantitative estimate of drug-likeness (QED) is 0.165. The van der Waals surface area contributed by atoms with Crippen LogP contribution in [0.2, 0.25) is 0 Å². The molecule has 3 saturated heterocycles. The predicted octanol–water partition coefficient (Wildman–Crippen LogP) is 0.646. The maximum Gasteiger partial charge on any atom is 0.335 e. The Morgan fingerprint density at radius 3 is 0.930 bits per heavy atom. The molecule has 2 aromatic rings. The molecule has 5 rings (SSSR count). The number of carbonyl (C=O) groups excluding carboxylic acids is 4. The third kappa shape index (κ3) is 13.1. The molecule has 10 N–H and O–H groups in total. The van der Waals surface area contributed by atoms with E-state index in [2.05, 4.69) is 10.6 Å². The van der Waals surface area contributed by atoms with Gasteiger partial charge in [-0.2, -0.15) is 0 Å². The second-order valence-corrected chi connectivity index (χ2v) is 8.60. The predicted molar refractivity (Wildman–Crippen MR) is 142 cm³/mol. The molecule has 2 aromatic carbocycles. The van der Waals surface area contributed by atoms with Crippen LogP contribution in [0, 0.1) is 0 Å². The molecule has 234 valence electrons. The summed E-state index contributed by atoms with van der Waals surface area (Å²) in [6.45, 7) is 2.00. The van der Waals surface area contributed by atoms with E-state index in [1.165, 1.54) is 12.8 Å². The van der Waals surface area contributed by atoms with Crippen molar-refractivity contribution < 1.29 is 74.4 Å². The molecule has 0 bridgehead atoms. The fraction of sp³-hybridized carbons (Fsp3) is 0.308. The van der Waals surface area contributed by atoms with Gasteiger partial charge in [0.05, 0.1) is 11.1 Å². The fourth-order valence-corrected chi connectivity index (χ4v) is 2.98. The SMILES string of the molecule is C1CCOC1.O=C(O)c1cc(O)c(O)c(O)c1.O=C(O)c1cc(O)c(O)c(O)c1.O=C1CCC(=O)N1.O=C1CCC(=O)N1. The summed E-state index contributed by atoms with van der Waals surface area (Å²) in [5.74, 6) is -7.26. The molecule has 3 fully saturated rings. The summed E-state index contributed by atoms with van der Waals surface area (Å²) in [6.07, 6.45) is 4.05. The molecule has 0 unspecified atom stereocenters. The zero-order chi connectivity index (χ0) is 32.7. The first-order valence-corrected chi connectivity index (χ1v) is 12.3. The molecular weight excluding hydrogens is 580 g/mol. The van der Waals surface area contributed by atoms with Crippen molar-refractivity contribution in [2.75, 3.05) is 13.2 Å². The number of hydrogen-bond acceptors (Lipinski definition) is 13. The van der Waals surface area contributed by atoms with Crippen LogP contribution in [0.1, 0.15) is 59.2 Å². The van der Waals surface area contributed by atoms with E-state index in [4.69, 9.17) is 45.6 Å². The van der Waals surface area contributed by atoms with E-state index < -0.39 is 46.4 Å². The van der Waals surface area contributed by atoms with Crippen molar-refractivity contribution in [3.8, 4) is 34.5 Å². The van der Waals surface area contributed by atoms with Gasteiger partial charge in [-0.15, -0.1) is 0 Å². The molecule has 0 saturated carbocycles. The Kier molecular flexibility index (Phi) is 14.2. The molecule has 0 spiro atoms. The van der Waals surface area contributed by atoms with E-state index in [9.17, 15) is 28.8 Å². The lowest BCUT2D eigenvalue weighted by Crippen LogP contribution is -2.18. The Morgan fingerprint density at radius 1 is 0.535 bits per heavy atom. The molecule has 3 heterocycles. The highest BCUT2D eigenvalue weighted by molar-refractivity contribution is 6.02. The minimum atomic E-state index is -1.29. The topological polar surface area (TPSA) is 298 Å². The van der Waals surface area contributed by atoms with Gasteiger partial charge < -0.3 is 45.6 Å². The lowest BCUT2D eigenvalue weighted by atomic mass is 10.2. The first-order chi connectivity index (χ1) is 20.1. The number of carboxylic acids is 2. The Labute approximate surface area is 242 Å². The molecule has 0 aromatic heterocycles. The molecule has 17 heteroatoms. The van der Waals surface area contributed by atoms with Gasteiger partial charge in [-0.05, 0) is 37.1 Å². The molecule has 3 aliphatic rings. The number of phenolic OH excluding ortho intramolecular Hbond substituents is 6. The van der Waals surface area contributed by atoms with Crippen LogP contribution in [-0.2, 0) is 23.9 Å². The van der Waals surface area contributed by atoms with E-state index in [1.807, 2.05) is 0 Å². The van der Waals surface area contributed by atoms with Crippen LogP contribution in [0.4, 0.5) is 0 Å². The van der Waals surface area contributed by atoms with Gasteiger partial charge >= 0.3 is 11.9 Å². The molecule has 3 aliphatic heterocycles. The summed E-state index contributed by atoms with van der Waals surface area (Å²) in [4.78, 5) is 61.1. The third-order valence-electron chi connectivity index (χ3n) is 5.18.